The second-order valence-corrected chi connectivity index (χ2v) is 8.12. The molecule has 0 aliphatic carbocycles. The van der Waals surface area contributed by atoms with Gasteiger partial charge in [0.15, 0.2) is 5.65 Å². The van der Waals surface area contributed by atoms with Crippen LogP contribution in [0, 0.1) is 0 Å². The van der Waals surface area contributed by atoms with E-state index in [0.29, 0.717) is 35.0 Å². The van der Waals surface area contributed by atoms with Crippen LogP contribution in [0.2, 0.25) is 0 Å². The van der Waals surface area contributed by atoms with E-state index in [9.17, 15) is 9.59 Å². The number of ether oxygens (including phenoxy) is 2. The number of nitrogens with zero attached hydrogens (tertiary/aromatic N) is 5. The van der Waals surface area contributed by atoms with Gasteiger partial charge in [0, 0.05) is 48.3 Å². The molecule has 0 saturated heterocycles. The largest absolute Gasteiger partial charge is 0.496 e. The van der Waals surface area contributed by atoms with Gasteiger partial charge >= 0.3 is 5.97 Å². The van der Waals surface area contributed by atoms with Crippen LogP contribution in [0.15, 0.2) is 49.1 Å². The average molecular weight is 490 g/mol. The van der Waals surface area contributed by atoms with Crippen LogP contribution < -0.4 is 15.4 Å². The van der Waals surface area contributed by atoms with Gasteiger partial charge < -0.3 is 20.1 Å². The Morgan fingerprint density at radius 2 is 1.92 bits per heavy atom. The zero-order chi connectivity index (χ0) is 25.7. The van der Waals surface area contributed by atoms with Gasteiger partial charge in [0.2, 0.25) is 0 Å². The number of amides is 1. The predicted octanol–water partition coefficient (Wildman–Crippen LogP) is 2.65. The van der Waals surface area contributed by atoms with Crippen molar-refractivity contribution in [2.45, 2.75) is 19.4 Å². The number of carbonyl (C=O) groups is 2. The number of benzene rings is 1. The van der Waals surface area contributed by atoms with Gasteiger partial charge in [0.05, 0.1) is 26.1 Å². The molecule has 0 fully saturated rings. The molecule has 186 valence electrons. The minimum absolute atomic E-state index is 0.00851. The van der Waals surface area contributed by atoms with E-state index < -0.39 is 5.97 Å². The molecular weight excluding hydrogens is 462 g/mol. The van der Waals surface area contributed by atoms with E-state index in [-0.39, 0.29) is 18.4 Å². The van der Waals surface area contributed by atoms with Crippen molar-refractivity contribution < 1.29 is 19.1 Å². The number of hydrogen-bond donors (Lipinski definition) is 2. The first-order valence-electron chi connectivity index (χ1n) is 11.3. The molecular formula is C25H27N7O4. The molecule has 1 amide bonds. The fourth-order valence-electron chi connectivity index (χ4n) is 3.80. The van der Waals surface area contributed by atoms with Gasteiger partial charge in [-0.15, -0.1) is 0 Å². The number of methoxy groups -OCH3 is 2. The third-order valence-corrected chi connectivity index (χ3v) is 5.79. The Hall–Kier alpha value is -4.54. The highest BCUT2D eigenvalue weighted by Gasteiger charge is 2.15. The van der Waals surface area contributed by atoms with E-state index in [0.717, 1.165) is 16.5 Å². The lowest BCUT2D eigenvalue weighted by Crippen LogP contribution is -2.18. The van der Waals surface area contributed by atoms with Gasteiger partial charge in [-0.25, -0.2) is 19.6 Å². The molecule has 36 heavy (non-hydrogen) atoms. The Morgan fingerprint density at radius 3 is 2.67 bits per heavy atom. The fraction of sp³-hybridized carbons (Fsp3) is 0.280. The zero-order valence-corrected chi connectivity index (χ0v) is 20.5. The van der Waals surface area contributed by atoms with Crippen molar-refractivity contribution in [3.63, 3.8) is 0 Å². The SMILES string of the molecule is CNC(=O)c1ccc(C(C)CNc2cc(-c3cnc4c(cnn4CC(=O)OC)c3)ncn2)c(OC)c1. The smallest absolute Gasteiger partial charge is 0.327 e. The van der Waals surface area contributed by atoms with Crippen molar-refractivity contribution in [1.29, 1.82) is 0 Å². The maximum atomic E-state index is 11.9. The third kappa shape index (κ3) is 5.24. The normalized spacial score (nSPS) is 11.7. The Morgan fingerprint density at radius 1 is 1.08 bits per heavy atom. The highest BCUT2D eigenvalue weighted by Crippen LogP contribution is 2.28. The molecule has 0 aliphatic heterocycles. The number of aromatic nitrogens is 5. The van der Waals surface area contributed by atoms with E-state index in [1.807, 2.05) is 18.2 Å². The summed E-state index contributed by atoms with van der Waals surface area (Å²) in [7, 11) is 4.52. The third-order valence-electron chi connectivity index (χ3n) is 5.79. The predicted molar refractivity (Wildman–Crippen MR) is 134 cm³/mol. The number of nitrogens with one attached hydrogen (secondary N) is 2. The summed E-state index contributed by atoms with van der Waals surface area (Å²) < 4.78 is 11.7. The maximum Gasteiger partial charge on any atom is 0.327 e. The molecule has 2 N–H and O–H groups in total. The molecule has 1 unspecified atom stereocenters. The molecule has 3 heterocycles. The Balaban J connectivity index is 1.48. The average Bonchev–Trinajstić information content (AvgIpc) is 3.32. The van der Waals surface area contributed by atoms with Crippen molar-refractivity contribution in [1.82, 2.24) is 30.0 Å². The van der Waals surface area contributed by atoms with Crippen LogP contribution in [-0.4, -0.2) is 64.4 Å². The number of anilines is 1. The standard InChI is InChI=1S/C25H27N7O4/c1-15(19-6-5-16(25(34)26-2)8-21(19)35-3)10-27-22-9-20(29-14-30-22)17-7-18-12-31-32(13-23(33)36-4)24(18)28-11-17/h5-9,11-12,14-15H,10,13H2,1-4H3,(H,26,34)(H,27,29,30). The van der Waals surface area contributed by atoms with Gasteiger partial charge in [-0.3, -0.25) is 9.59 Å². The summed E-state index contributed by atoms with van der Waals surface area (Å²) in [6.07, 6.45) is 4.83. The van der Waals surface area contributed by atoms with Gasteiger partial charge in [-0.2, -0.15) is 5.10 Å². The zero-order valence-electron chi connectivity index (χ0n) is 20.5. The van der Waals surface area contributed by atoms with Gasteiger partial charge in [0.25, 0.3) is 5.91 Å². The van der Waals surface area contributed by atoms with Crippen LogP contribution >= 0.6 is 0 Å². The molecule has 0 radical (unpaired) electrons. The van der Waals surface area contributed by atoms with E-state index in [4.69, 9.17) is 9.47 Å². The Kier molecular flexibility index (Phi) is 7.38. The topological polar surface area (TPSA) is 133 Å². The van der Waals surface area contributed by atoms with Crippen LogP contribution in [0.5, 0.6) is 5.75 Å². The van der Waals surface area contributed by atoms with Crippen LogP contribution in [-0.2, 0) is 16.1 Å². The summed E-state index contributed by atoms with van der Waals surface area (Å²) in [4.78, 5) is 36.7. The number of hydrogen-bond acceptors (Lipinski definition) is 9. The quantitative estimate of drug-likeness (QED) is 0.340. The highest BCUT2D eigenvalue weighted by atomic mass is 16.5. The van der Waals surface area contributed by atoms with Gasteiger partial charge in [0.1, 0.15) is 24.4 Å². The van der Waals surface area contributed by atoms with Crippen molar-refractivity contribution >= 4 is 28.7 Å². The summed E-state index contributed by atoms with van der Waals surface area (Å²) in [5, 5.41) is 11.0. The Labute approximate surface area is 207 Å². The molecule has 1 aromatic carbocycles. The summed E-state index contributed by atoms with van der Waals surface area (Å²) in [5.41, 5.74) is 3.60. The number of rotatable bonds is 9. The van der Waals surface area contributed by atoms with Crippen LogP contribution in [0.4, 0.5) is 5.82 Å². The van der Waals surface area contributed by atoms with Gasteiger partial charge in [-0.05, 0) is 23.8 Å². The maximum absolute atomic E-state index is 11.9. The van der Waals surface area contributed by atoms with Crippen molar-refractivity contribution in [2.24, 2.45) is 0 Å². The van der Waals surface area contributed by atoms with Crippen molar-refractivity contribution in [3.05, 3.63) is 60.2 Å². The fourth-order valence-corrected chi connectivity index (χ4v) is 3.80. The summed E-state index contributed by atoms with van der Waals surface area (Å²) >= 11 is 0. The lowest BCUT2D eigenvalue weighted by molar-refractivity contribution is -0.141. The molecule has 0 spiro atoms. The molecule has 0 aliphatic rings. The lowest BCUT2D eigenvalue weighted by atomic mass is 9.98. The summed E-state index contributed by atoms with van der Waals surface area (Å²) in [6.45, 7) is 2.64. The highest BCUT2D eigenvalue weighted by molar-refractivity contribution is 5.94. The van der Waals surface area contributed by atoms with Gasteiger partial charge in [-0.1, -0.05) is 13.0 Å². The molecule has 11 heteroatoms. The van der Waals surface area contributed by atoms with Crippen molar-refractivity contribution in [3.8, 4) is 17.0 Å². The van der Waals surface area contributed by atoms with E-state index in [1.54, 1.807) is 38.7 Å². The molecule has 0 saturated carbocycles. The molecule has 3 aromatic heterocycles. The molecule has 11 nitrogen and oxygen atoms in total. The molecule has 1 atom stereocenters. The number of pyridine rings is 1. The first kappa shape index (κ1) is 24.6. The van der Waals surface area contributed by atoms with Crippen LogP contribution in [0.1, 0.15) is 28.8 Å². The van der Waals surface area contributed by atoms with E-state index in [1.165, 1.54) is 18.1 Å². The lowest BCUT2D eigenvalue weighted by Gasteiger charge is -2.17. The van der Waals surface area contributed by atoms with Crippen molar-refractivity contribution in [2.75, 3.05) is 33.1 Å². The van der Waals surface area contributed by atoms with E-state index in [2.05, 4.69) is 37.6 Å². The molecule has 4 aromatic rings. The number of fused-ring (bicyclic) bond motifs is 1. The summed E-state index contributed by atoms with van der Waals surface area (Å²) in [5.74, 6) is 0.834. The van der Waals surface area contributed by atoms with Crippen LogP contribution in [0.3, 0.4) is 0 Å². The van der Waals surface area contributed by atoms with Crippen LogP contribution in [0.25, 0.3) is 22.3 Å². The monoisotopic (exact) mass is 489 g/mol. The number of esters is 1. The van der Waals surface area contributed by atoms with E-state index >= 15 is 0 Å². The first-order valence-corrected chi connectivity index (χ1v) is 11.3. The second-order valence-electron chi connectivity index (χ2n) is 8.12. The molecule has 0 bridgehead atoms. The minimum atomic E-state index is -0.397. The molecule has 4 rings (SSSR count). The minimum Gasteiger partial charge on any atom is -0.496 e. The summed E-state index contributed by atoms with van der Waals surface area (Å²) in [6, 6.07) is 9.19. The second kappa shape index (κ2) is 10.8. The number of carbonyl (C=O) groups excluding carboxylic acids is 2. The first-order chi connectivity index (χ1) is 17.4. The Bertz CT molecular complexity index is 1400.